The number of nitrogens with zero attached hydrogens (tertiary/aromatic N) is 2. The van der Waals surface area contributed by atoms with E-state index < -0.39 is 0 Å². The molecule has 1 aliphatic heterocycles. The van der Waals surface area contributed by atoms with Gasteiger partial charge in [-0.05, 0) is 26.3 Å². The lowest BCUT2D eigenvalue weighted by molar-refractivity contribution is 0.635. The molecule has 1 aromatic rings. The normalized spacial score (nSPS) is 22.1. The summed E-state index contributed by atoms with van der Waals surface area (Å²) in [6, 6.07) is 0.449. The fourth-order valence-corrected chi connectivity index (χ4v) is 2.41. The second-order valence-electron chi connectivity index (χ2n) is 3.12. The van der Waals surface area contributed by atoms with Gasteiger partial charge in [0.2, 0.25) is 5.13 Å². The molecule has 2 heterocycles. The zero-order valence-electron chi connectivity index (χ0n) is 7.71. The van der Waals surface area contributed by atoms with Gasteiger partial charge in [-0.25, -0.2) is 0 Å². The molecule has 13 heavy (non-hydrogen) atoms. The molecule has 0 aliphatic carbocycles. The molecular formula is C8H14N4S. The Labute approximate surface area is 81.8 Å². The Kier molecular flexibility index (Phi) is 2.75. The van der Waals surface area contributed by atoms with Crippen LogP contribution in [0.4, 0.5) is 5.13 Å². The Morgan fingerprint density at radius 1 is 1.62 bits per heavy atom. The van der Waals surface area contributed by atoms with Gasteiger partial charge in [0, 0.05) is 6.54 Å². The first-order valence-electron chi connectivity index (χ1n) is 4.71. The minimum Gasteiger partial charge on any atom is -0.360 e. The summed E-state index contributed by atoms with van der Waals surface area (Å²) in [5, 5.41) is 16.9. The van der Waals surface area contributed by atoms with Crippen molar-refractivity contribution >= 4 is 16.5 Å². The van der Waals surface area contributed by atoms with Crippen LogP contribution in [0.5, 0.6) is 0 Å². The first-order chi connectivity index (χ1) is 6.40. The third-order valence-corrected chi connectivity index (χ3v) is 3.12. The first kappa shape index (κ1) is 8.90. The van der Waals surface area contributed by atoms with Gasteiger partial charge >= 0.3 is 0 Å². The number of hydrogen-bond donors (Lipinski definition) is 2. The first-order valence-corrected chi connectivity index (χ1v) is 5.52. The number of nitrogens with one attached hydrogen (secondary N) is 2. The van der Waals surface area contributed by atoms with Crippen molar-refractivity contribution in [2.45, 2.75) is 25.8 Å². The summed E-state index contributed by atoms with van der Waals surface area (Å²) in [7, 11) is 0. The van der Waals surface area contributed by atoms with Crippen molar-refractivity contribution in [2.24, 2.45) is 0 Å². The van der Waals surface area contributed by atoms with E-state index in [1.165, 1.54) is 12.8 Å². The standard InChI is InChI=1S/C8H14N4S/c1-2-9-8-12-11-7(13-8)6-4-3-5-10-6/h6,10H,2-5H2,1H3,(H,9,12). The molecule has 1 fully saturated rings. The summed E-state index contributed by atoms with van der Waals surface area (Å²) in [4.78, 5) is 0. The fraction of sp³-hybridized carbons (Fsp3) is 0.750. The topological polar surface area (TPSA) is 49.8 Å². The molecular weight excluding hydrogens is 184 g/mol. The lowest BCUT2D eigenvalue weighted by Gasteiger charge is -2.02. The molecule has 1 unspecified atom stereocenters. The quantitative estimate of drug-likeness (QED) is 0.770. The number of rotatable bonds is 3. The Morgan fingerprint density at radius 2 is 2.54 bits per heavy atom. The molecule has 0 radical (unpaired) electrons. The largest absolute Gasteiger partial charge is 0.360 e. The van der Waals surface area contributed by atoms with Crippen molar-refractivity contribution in [3.8, 4) is 0 Å². The minimum absolute atomic E-state index is 0.449. The van der Waals surface area contributed by atoms with Crippen LogP contribution in [0.15, 0.2) is 0 Å². The van der Waals surface area contributed by atoms with Crippen LogP contribution < -0.4 is 10.6 Å². The maximum absolute atomic E-state index is 4.16. The summed E-state index contributed by atoms with van der Waals surface area (Å²) in [5.74, 6) is 0. The van der Waals surface area contributed by atoms with E-state index in [0.717, 1.165) is 23.2 Å². The molecule has 1 saturated heterocycles. The highest BCUT2D eigenvalue weighted by Crippen LogP contribution is 2.27. The molecule has 2 rings (SSSR count). The molecule has 1 aromatic heterocycles. The molecule has 72 valence electrons. The SMILES string of the molecule is CCNc1nnc(C2CCCN2)s1. The van der Waals surface area contributed by atoms with Crippen LogP contribution in [0.1, 0.15) is 30.8 Å². The second kappa shape index (κ2) is 4.02. The smallest absolute Gasteiger partial charge is 0.205 e. The molecule has 0 aromatic carbocycles. The van der Waals surface area contributed by atoms with Crippen LogP contribution in [0.25, 0.3) is 0 Å². The zero-order chi connectivity index (χ0) is 9.10. The minimum atomic E-state index is 0.449. The van der Waals surface area contributed by atoms with E-state index in [9.17, 15) is 0 Å². The van der Waals surface area contributed by atoms with Crippen LogP contribution >= 0.6 is 11.3 Å². The molecule has 4 nitrogen and oxygen atoms in total. The number of hydrogen-bond acceptors (Lipinski definition) is 5. The van der Waals surface area contributed by atoms with E-state index in [1.54, 1.807) is 11.3 Å². The highest BCUT2D eigenvalue weighted by Gasteiger charge is 2.19. The average Bonchev–Trinajstić information content (AvgIpc) is 2.70. The van der Waals surface area contributed by atoms with Gasteiger partial charge < -0.3 is 10.6 Å². The van der Waals surface area contributed by atoms with E-state index in [0.29, 0.717) is 6.04 Å². The van der Waals surface area contributed by atoms with Gasteiger partial charge in [0.15, 0.2) is 0 Å². The Hall–Kier alpha value is -0.680. The third-order valence-electron chi connectivity index (χ3n) is 2.13. The van der Waals surface area contributed by atoms with Crippen LogP contribution in [0.2, 0.25) is 0 Å². The monoisotopic (exact) mass is 198 g/mol. The molecule has 0 amide bonds. The molecule has 0 saturated carbocycles. The Balaban J connectivity index is 2.03. The van der Waals surface area contributed by atoms with E-state index in [4.69, 9.17) is 0 Å². The predicted molar refractivity (Wildman–Crippen MR) is 54.1 cm³/mol. The fourth-order valence-electron chi connectivity index (χ4n) is 1.49. The van der Waals surface area contributed by atoms with E-state index >= 15 is 0 Å². The van der Waals surface area contributed by atoms with Crippen molar-refractivity contribution < 1.29 is 0 Å². The van der Waals surface area contributed by atoms with Gasteiger partial charge in [0.1, 0.15) is 5.01 Å². The molecule has 0 bridgehead atoms. The lowest BCUT2D eigenvalue weighted by atomic mass is 10.2. The van der Waals surface area contributed by atoms with Crippen LogP contribution in [0.3, 0.4) is 0 Å². The molecule has 1 atom stereocenters. The van der Waals surface area contributed by atoms with Gasteiger partial charge in [-0.3, -0.25) is 0 Å². The van der Waals surface area contributed by atoms with Crippen molar-refractivity contribution in [2.75, 3.05) is 18.4 Å². The van der Waals surface area contributed by atoms with Gasteiger partial charge in [-0.2, -0.15) is 0 Å². The lowest BCUT2D eigenvalue weighted by Crippen LogP contribution is -2.12. The van der Waals surface area contributed by atoms with Crippen molar-refractivity contribution in [3.63, 3.8) is 0 Å². The van der Waals surface area contributed by atoms with Gasteiger partial charge in [-0.15, -0.1) is 10.2 Å². The second-order valence-corrected chi connectivity index (χ2v) is 4.13. The van der Waals surface area contributed by atoms with Crippen LogP contribution in [-0.2, 0) is 0 Å². The maximum atomic E-state index is 4.16. The molecule has 5 heteroatoms. The number of aromatic nitrogens is 2. The molecule has 2 N–H and O–H groups in total. The highest BCUT2D eigenvalue weighted by atomic mass is 32.1. The predicted octanol–water partition coefficient (Wildman–Crippen LogP) is 1.39. The summed E-state index contributed by atoms with van der Waals surface area (Å²) >= 11 is 1.66. The highest BCUT2D eigenvalue weighted by molar-refractivity contribution is 7.15. The van der Waals surface area contributed by atoms with E-state index in [-0.39, 0.29) is 0 Å². The van der Waals surface area contributed by atoms with Crippen molar-refractivity contribution in [1.29, 1.82) is 0 Å². The van der Waals surface area contributed by atoms with Crippen molar-refractivity contribution in [1.82, 2.24) is 15.5 Å². The summed E-state index contributed by atoms with van der Waals surface area (Å²) in [6.07, 6.45) is 2.45. The van der Waals surface area contributed by atoms with Crippen LogP contribution in [-0.4, -0.2) is 23.3 Å². The summed E-state index contributed by atoms with van der Waals surface area (Å²) in [5.41, 5.74) is 0. The zero-order valence-corrected chi connectivity index (χ0v) is 8.52. The maximum Gasteiger partial charge on any atom is 0.205 e. The number of anilines is 1. The Bertz CT molecular complexity index is 267. The van der Waals surface area contributed by atoms with Crippen LogP contribution in [0, 0.1) is 0 Å². The Morgan fingerprint density at radius 3 is 3.23 bits per heavy atom. The third kappa shape index (κ3) is 1.97. The van der Waals surface area contributed by atoms with Crippen molar-refractivity contribution in [3.05, 3.63) is 5.01 Å². The van der Waals surface area contributed by atoms with E-state index in [1.807, 2.05) is 0 Å². The average molecular weight is 198 g/mol. The van der Waals surface area contributed by atoms with Gasteiger partial charge in [0.25, 0.3) is 0 Å². The van der Waals surface area contributed by atoms with E-state index in [2.05, 4.69) is 27.8 Å². The molecule has 1 aliphatic rings. The van der Waals surface area contributed by atoms with Gasteiger partial charge in [0.05, 0.1) is 6.04 Å². The summed E-state index contributed by atoms with van der Waals surface area (Å²) in [6.45, 7) is 4.09. The molecule has 0 spiro atoms. The summed E-state index contributed by atoms with van der Waals surface area (Å²) < 4.78 is 0. The van der Waals surface area contributed by atoms with Gasteiger partial charge in [-0.1, -0.05) is 11.3 Å².